The van der Waals surface area contributed by atoms with E-state index in [4.69, 9.17) is 33.2 Å². The zero-order valence-electron chi connectivity index (χ0n) is 21.6. The predicted octanol–water partition coefficient (Wildman–Crippen LogP) is 5.28. The molecule has 37 heavy (non-hydrogen) atoms. The van der Waals surface area contributed by atoms with Gasteiger partial charge in [-0.3, -0.25) is 0 Å². The standard InChI is InChI=1S/C30H36O7/c1-31-27-17-25-19-36-28(23-9-5-3-6-10-23)21-34-15-13-33-14-16-35-22-29(24-11-7-4-8-12-24)37-20-26(18-27)30(25)32-2/h3-12,17-18,28-29H,13-16,19-22H2,1-2H3/t28-,29-/m1/s1. The van der Waals surface area contributed by atoms with Gasteiger partial charge in [0.1, 0.15) is 23.7 Å². The van der Waals surface area contributed by atoms with Crippen molar-refractivity contribution < 1.29 is 33.2 Å². The molecule has 0 unspecified atom stereocenters. The van der Waals surface area contributed by atoms with Crippen molar-refractivity contribution in [3.05, 3.63) is 95.1 Å². The van der Waals surface area contributed by atoms with Crippen molar-refractivity contribution in [1.82, 2.24) is 0 Å². The third-order valence-corrected chi connectivity index (χ3v) is 6.16. The van der Waals surface area contributed by atoms with Crippen molar-refractivity contribution in [1.29, 1.82) is 0 Å². The van der Waals surface area contributed by atoms with Crippen molar-refractivity contribution in [3.8, 4) is 11.5 Å². The van der Waals surface area contributed by atoms with Gasteiger partial charge >= 0.3 is 0 Å². The Kier molecular flexibility index (Phi) is 10.8. The van der Waals surface area contributed by atoms with E-state index in [-0.39, 0.29) is 12.2 Å². The fourth-order valence-electron chi connectivity index (χ4n) is 4.23. The lowest BCUT2D eigenvalue weighted by molar-refractivity contribution is -0.0559. The number of fused-ring (bicyclic) bond motifs is 2. The van der Waals surface area contributed by atoms with Crippen LogP contribution in [0.15, 0.2) is 72.8 Å². The first-order valence-corrected chi connectivity index (χ1v) is 12.6. The molecule has 198 valence electrons. The summed E-state index contributed by atoms with van der Waals surface area (Å²) >= 11 is 0. The Morgan fingerprint density at radius 2 is 1.05 bits per heavy atom. The smallest absolute Gasteiger partial charge is 0.130 e. The van der Waals surface area contributed by atoms with E-state index in [9.17, 15) is 0 Å². The highest BCUT2D eigenvalue weighted by Gasteiger charge is 2.19. The molecule has 1 aliphatic rings. The Morgan fingerprint density at radius 3 is 1.49 bits per heavy atom. The second kappa shape index (κ2) is 14.7. The maximum atomic E-state index is 6.38. The molecule has 0 aromatic heterocycles. The summed E-state index contributed by atoms with van der Waals surface area (Å²) in [7, 11) is 3.31. The Bertz CT molecular complexity index is 980. The second-order valence-electron chi connectivity index (χ2n) is 8.66. The van der Waals surface area contributed by atoms with Gasteiger partial charge in [0.2, 0.25) is 0 Å². The quantitative estimate of drug-likeness (QED) is 0.475. The van der Waals surface area contributed by atoms with Crippen molar-refractivity contribution >= 4 is 0 Å². The van der Waals surface area contributed by atoms with Crippen LogP contribution in [0.25, 0.3) is 0 Å². The van der Waals surface area contributed by atoms with Gasteiger partial charge in [0.25, 0.3) is 0 Å². The normalized spacial score (nSPS) is 20.4. The summed E-state index contributed by atoms with van der Waals surface area (Å²) in [5.74, 6) is 1.43. The van der Waals surface area contributed by atoms with Gasteiger partial charge in [0.05, 0.1) is 67.1 Å². The third-order valence-electron chi connectivity index (χ3n) is 6.16. The van der Waals surface area contributed by atoms with E-state index in [1.807, 2.05) is 72.8 Å². The summed E-state index contributed by atoms with van der Waals surface area (Å²) in [6.07, 6.45) is -0.497. The SMILES string of the molecule is COc1cc2c(OC)c(c1)CO[C@@H](c1ccccc1)COCCOCCOC[C@H](c1ccccc1)OC2. The molecule has 7 heteroatoms. The van der Waals surface area contributed by atoms with Crippen LogP contribution < -0.4 is 9.47 Å². The summed E-state index contributed by atoms with van der Waals surface area (Å²) in [6.45, 7) is 3.35. The highest BCUT2D eigenvalue weighted by Crippen LogP contribution is 2.33. The molecule has 2 bridgehead atoms. The molecule has 0 fully saturated rings. The molecule has 0 saturated heterocycles. The van der Waals surface area contributed by atoms with Gasteiger partial charge in [-0.2, -0.15) is 0 Å². The van der Waals surface area contributed by atoms with Gasteiger partial charge in [-0.15, -0.1) is 0 Å². The van der Waals surface area contributed by atoms with Crippen LogP contribution in [0.1, 0.15) is 34.5 Å². The summed E-state index contributed by atoms with van der Waals surface area (Å²) in [6, 6.07) is 24.0. The molecule has 0 radical (unpaired) electrons. The average molecular weight is 509 g/mol. The largest absolute Gasteiger partial charge is 0.497 e. The van der Waals surface area contributed by atoms with Crippen LogP contribution in [-0.4, -0.2) is 53.9 Å². The van der Waals surface area contributed by atoms with Gasteiger partial charge < -0.3 is 33.2 Å². The number of ether oxygens (including phenoxy) is 7. The van der Waals surface area contributed by atoms with E-state index in [0.29, 0.717) is 58.6 Å². The van der Waals surface area contributed by atoms with Gasteiger partial charge in [-0.1, -0.05) is 60.7 Å². The predicted molar refractivity (Wildman–Crippen MR) is 140 cm³/mol. The first-order valence-electron chi connectivity index (χ1n) is 12.6. The number of hydrogen-bond acceptors (Lipinski definition) is 7. The minimum absolute atomic E-state index is 0.249. The fraction of sp³-hybridized carbons (Fsp3) is 0.400. The van der Waals surface area contributed by atoms with Crippen LogP contribution in [0.2, 0.25) is 0 Å². The lowest BCUT2D eigenvalue weighted by Crippen LogP contribution is -2.18. The summed E-state index contributed by atoms with van der Waals surface area (Å²) in [4.78, 5) is 0. The molecule has 0 saturated carbocycles. The minimum atomic E-state index is -0.249. The van der Waals surface area contributed by atoms with Gasteiger partial charge in [-0.05, 0) is 23.3 Å². The molecule has 2 atom stereocenters. The van der Waals surface area contributed by atoms with Crippen molar-refractivity contribution in [3.63, 3.8) is 0 Å². The van der Waals surface area contributed by atoms with E-state index < -0.39 is 0 Å². The van der Waals surface area contributed by atoms with Crippen LogP contribution in [0, 0.1) is 0 Å². The van der Waals surface area contributed by atoms with Crippen LogP contribution in [0.5, 0.6) is 11.5 Å². The summed E-state index contributed by atoms with van der Waals surface area (Å²) in [5.41, 5.74) is 3.83. The molecule has 3 aromatic carbocycles. The fourth-order valence-corrected chi connectivity index (χ4v) is 4.23. The van der Waals surface area contributed by atoms with Crippen molar-refractivity contribution in [2.24, 2.45) is 0 Å². The van der Waals surface area contributed by atoms with Crippen LogP contribution in [0.3, 0.4) is 0 Å². The maximum Gasteiger partial charge on any atom is 0.130 e. The van der Waals surface area contributed by atoms with Gasteiger partial charge in [0.15, 0.2) is 0 Å². The van der Waals surface area contributed by atoms with Gasteiger partial charge in [0, 0.05) is 11.1 Å². The Morgan fingerprint density at radius 1 is 0.595 bits per heavy atom. The number of rotatable bonds is 4. The van der Waals surface area contributed by atoms with E-state index in [2.05, 4.69) is 0 Å². The molecule has 0 N–H and O–H groups in total. The molecular weight excluding hydrogens is 472 g/mol. The molecular formula is C30H36O7. The molecule has 1 heterocycles. The molecule has 0 spiro atoms. The Labute approximate surface area is 219 Å². The van der Waals surface area contributed by atoms with Crippen LogP contribution in [-0.2, 0) is 36.9 Å². The lowest BCUT2D eigenvalue weighted by atomic mass is 10.1. The minimum Gasteiger partial charge on any atom is -0.497 e. The summed E-state index contributed by atoms with van der Waals surface area (Å²) in [5, 5.41) is 0. The molecule has 1 aliphatic heterocycles. The zero-order valence-corrected chi connectivity index (χ0v) is 21.6. The first kappa shape index (κ1) is 27.1. The highest BCUT2D eigenvalue weighted by molar-refractivity contribution is 5.47. The maximum absolute atomic E-state index is 6.38. The number of hydrogen-bond donors (Lipinski definition) is 0. The molecule has 0 amide bonds. The molecule has 3 aromatic rings. The first-order chi connectivity index (χ1) is 18.3. The van der Waals surface area contributed by atoms with E-state index in [0.717, 1.165) is 28.0 Å². The lowest BCUT2D eigenvalue weighted by Gasteiger charge is -2.23. The molecule has 0 aliphatic carbocycles. The van der Waals surface area contributed by atoms with E-state index >= 15 is 0 Å². The topological polar surface area (TPSA) is 64.6 Å². The third kappa shape index (κ3) is 8.02. The van der Waals surface area contributed by atoms with E-state index in [1.165, 1.54) is 0 Å². The van der Waals surface area contributed by atoms with Crippen LogP contribution in [0.4, 0.5) is 0 Å². The zero-order chi connectivity index (χ0) is 25.7. The average Bonchev–Trinajstić information content (AvgIpc) is 2.95. The van der Waals surface area contributed by atoms with Crippen molar-refractivity contribution in [2.45, 2.75) is 25.4 Å². The number of benzene rings is 3. The van der Waals surface area contributed by atoms with Gasteiger partial charge in [-0.25, -0.2) is 0 Å². The highest BCUT2D eigenvalue weighted by atomic mass is 16.6. The van der Waals surface area contributed by atoms with Crippen LogP contribution >= 0.6 is 0 Å². The van der Waals surface area contributed by atoms with E-state index in [1.54, 1.807) is 14.2 Å². The molecule has 7 nitrogen and oxygen atoms in total. The van der Waals surface area contributed by atoms with Crippen molar-refractivity contribution in [2.75, 3.05) is 53.9 Å². The Hall–Kier alpha value is -2.94. The Balaban J connectivity index is 1.60. The molecule has 4 rings (SSSR count). The number of methoxy groups -OCH3 is 2. The monoisotopic (exact) mass is 508 g/mol. The second-order valence-corrected chi connectivity index (χ2v) is 8.66. The summed E-state index contributed by atoms with van der Waals surface area (Å²) < 4.78 is 41.7.